The number of nitrogen functional groups attached to an aromatic ring is 1. The van der Waals surface area contributed by atoms with E-state index in [0.717, 1.165) is 27.8 Å². The van der Waals surface area contributed by atoms with Gasteiger partial charge in [-0.05, 0) is 49.2 Å². The van der Waals surface area contributed by atoms with E-state index in [4.69, 9.17) is 10.5 Å². The van der Waals surface area contributed by atoms with Gasteiger partial charge in [0.1, 0.15) is 5.75 Å². The highest BCUT2D eigenvalue weighted by Gasteiger charge is 2.09. The second kappa shape index (κ2) is 4.85. The first-order valence-corrected chi connectivity index (χ1v) is 6.53. The molecule has 0 aliphatic rings. The fourth-order valence-electron chi connectivity index (χ4n) is 2.36. The Morgan fingerprint density at radius 2 is 1.70 bits per heavy atom. The molecule has 0 saturated carbocycles. The summed E-state index contributed by atoms with van der Waals surface area (Å²) in [7, 11) is 0. The number of aromatic nitrogens is 1. The van der Waals surface area contributed by atoms with Crippen LogP contribution in [-0.4, -0.2) is 4.98 Å². The standard InChI is InChI=1S/C17H16N2O/c1-11-7-12(2)9-13(8-11)20-17-14-5-3-4-6-16(14)19-10-15(17)18/h3-10H,18H2,1-2H3. The van der Waals surface area contributed by atoms with Gasteiger partial charge in [-0.15, -0.1) is 0 Å². The molecular formula is C17H16N2O. The third kappa shape index (κ3) is 2.30. The molecule has 1 heterocycles. The molecule has 2 N–H and O–H groups in total. The van der Waals surface area contributed by atoms with Gasteiger partial charge >= 0.3 is 0 Å². The molecule has 2 aromatic carbocycles. The maximum atomic E-state index is 6.02. The third-order valence-corrected chi connectivity index (χ3v) is 3.17. The lowest BCUT2D eigenvalue weighted by Crippen LogP contribution is -1.95. The Kier molecular flexibility index (Phi) is 3.03. The highest BCUT2D eigenvalue weighted by atomic mass is 16.5. The summed E-state index contributed by atoms with van der Waals surface area (Å²) in [6.07, 6.45) is 1.64. The summed E-state index contributed by atoms with van der Waals surface area (Å²) in [5.41, 5.74) is 9.77. The van der Waals surface area contributed by atoms with Crippen molar-refractivity contribution in [2.75, 3.05) is 5.73 Å². The van der Waals surface area contributed by atoms with Crippen LogP contribution < -0.4 is 10.5 Å². The first-order valence-electron chi connectivity index (χ1n) is 6.53. The van der Waals surface area contributed by atoms with Crippen molar-refractivity contribution in [3.05, 3.63) is 59.8 Å². The van der Waals surface area contributed by atoms with E-state index in [9.17, 15) is 0 Å². The number of nitrogens with two attached hydrogens (primary N) is 1. The van der Waals surface area contributed by atoms with Crippen LogP contribution in [0.2, 0.25) is 0 Å². The average molecular weight is 264 g/mol. The molecule has 3 rings (SSSR count). The number of para-hydroxylation sites is 1. The number of hydrogen-bond acceptors (Lipinski definition) is 3. The molecule has 3 nitrogen and oxygen atoms in total. The van der Waals surface area contributed by atoms with Crippen molar-refractivity contribution in [1.29, 1.82) is 0 Å². The first-order chi connectivity index (χ1) is 9.63. The van der Waals surface area contributed by atoms with Crippen molar-refractivity contribution in [1.82, 2.24) is 4.98 Å². The topological polar surface area (TPSA) is 48.1 Å². The van der Waals surface area contributed by atoms with Crippen molar-refractivity contribution < 1.29 is 4.74 Å². The first kappa shape index (κ1) is 12.5. The molecule has 3 heteroatoms. The van der Waals surface area contributed by atoms with E-state index >= 15 is 0 Å². The maximum Gasteiger partial charge on any atom is 0.161 e. The molecule has 0 amide bonds. The van der Waals surface area contributed by atoms with E-state index < -0.39 is 0 Å². The lowest BCUT2D eigenvalue weighted by molar-refractivity contribution is 0.489. The summed E-state index contributed by atoms with van der Waals surface area (Å²) in [5, 5.41) is 0.923. The van der Waals surface area contributed by atoms with E-state index in [1.54, 1.807) is 6.20 Å². The quantitative estimate of drug-likeness (QED) is 0.753. The molecule has 0 bridgehead atoms. The predicted octanol–water partition coefficient (Wildman–Crippen LogP) is 4.23. The van der Waals surface area contributed by atoms with Gasteiger partial charge in [-0.25, -0.2) is 0 Å². The molecular weight excluding hydrogens is 248 g/mol. The Morgan fingerprint density at radius 3 is 2.45 bits per heavy atom. The molecule has 0 spiro atoms. The van der Waals surface area contributed by atoms with Crippen LogP contribution in [0.5, 0.6) is 11.5 Å². The minimum Gasteiger partial charge on any atom is -0.454 e. The zero-order valence-electron chi connectivity index (χ0n) is 11.6. The van der Waals surface area contributed by atoms with E-state index in [1.165, 1.54) is 0 Å². The zero-order valence-corrected chi connectivity index (χ0v) is 11.6. The molecule has 1 aromatic heterocycles. The highest BCUT2D eigenvalue weighted by molar-refractivity contribution is 5.89. The number of fused-ring (bicyclic) bond motifs is 1. The number of hydrogen-bond donors (Lipinski definition) is 1. The van der Waals surface area contributed by atoms with Gasteiger partial charge in [0.05, 0.1) is 17.4 Å². The third-order valence-electron chi connectivity index (χ3n) is 3.17. The molecule has 3 aromatic rings. The summed E-state index contributed by atoms with van der Waals surface area (Å²) in [6.45, 7) is 4.10. The Labute approximate surface area is 118 Å². The summed E-state index contributed by atoms with van der Waals surface area (Å²) in [6, 6.07) is 13.9. The molecule has 100 valence electrons. The second-order valence-corrected chi connectivity index (χ2v) is 4.99. The summed E-state index contributed by atoms with van der Waals surface area (Å²) in [5.74, 6) is 1.46. The smallest absolute Gasteiger partial charge is 0.161 e. The van der Waals surface area contributed by atoms with Crippen LogP contribution in [-0.2, 0) is 0 Å². The van der Waals surface area contributed by atoms with Gasteiger partial charge in [-0.1, -0.05) is 18.2 Å². The van der Waals surface area contributed by atoms with Crippen LogP contribution in [0, 0.1) is 13.8 Å². The van der Waals surface area contributed by atoms with Crippen LogP contribution >= 0.6 is 0 Å². The largest absolute Gasteiger partial charge is 0.454 e. The Morgan fingerprint density at radius 1 is 1.00 bits per heavy atom. The molecule has 0 aliphatic carbocycles. The molecule has 0 unspecified atom stereocenters. The van der Waals surface area contributed by atoms with Crippen molar-refractivity contribution >= 4 is 16.6 Å². The van der Waals surface area contributed by atoms with Crippen LogP contribution in [0.25, 0.3) is 10.9 Å². The van der Waals surface area contributed by atoms with Gasteiger partial charge in [-0.3, -0.25) is 4.98 Å². The Hall–Kier alpha value is -2.55. The van der Waals surface area contributed by atoms with Gasteiger partial charge in [0.15, 0.2) is 5.75 Å². The van der Waals surface area contributed by atoms with Gasteiger partial charge in [0.2, 0.25) is 0 Å². The normalized spacial score (nSPS) is 10.7. The SMILES string of the molecule is Cc1cc(C)cc(Oc2c(N)cnc3ccccc23)c1. The van der Waals surface area contributed by atoms with Crippen molar-refractivity contribution in [2.24, 2.45) is 0 Å². The predicted molar refractivity (Wildman–Crippen MR) is 82.1 cm³/mol. The van der Waals surface area contributed by atoms with Gasteiger partial charge in [-0.2, -0.15) is 0 Å². The number of ether oxygens (including phenoxy) is 1. The maximum absolute atomic E-state index is 6.02. The van der Waals surface area contributed by atoms with Crippen LogP contribution in [0.15, 0.2) is 48.7 Å². The van der Waals surface area contributed by atoms with Crippen LogP contribution in [0.1, 0.15) is 11.1 Å². The van der Waals surface area contributed by atoms with E-state index in [-0.39, 0.29) is 0 Å². The fourth-order valence-corrected chi connectivity index (χ4v) is 2.36. The molecule has 0 fully saturated rings. The number of aryl methyl sites for hydroxylation is 2. The van der Waals surface area contributed by atoms with E-state index in [0.29, 0.717) is 11.4 Å². The Bertz CT molecular complexity index is 761. The average Bonchev–Trinajstić information content (AvgIpc) is 2.41. The van der Waals surface area contributed by atoms with Crippen LogP contribution in [0.3, 0.4) is 0 Å². The number of anilines is 1. The summed E-state index contributed by atoms with van der Waals surface area (Å²) >= 11 is 0. The van der Waals surface area contributed by atoms with Crippen LogP contribution in [0.4, 0.5) is 5.69 Å². The molecule has 20 heavy (non-hydrogen) atoms. The van der Waals surface area contributed by atoms with Gasteiger partial charge in [0.25, 0.3) is 0 Å². The lowest BCUT2D eigenvalue weighted by atomic mass is 10.1. The number of pyridine rings is 1. The van der Waals surface area contributed by atoms with E-state index in [2.05, 4.69) is 11.1 Å². The minimum absolute atomic E-state index is 0.544. The second-order valence-electron chi connectivity index (χ2n) is 4.99. The van der Waals surface area contributed by atoms with Gasteiger partial charge in [0, 0.05) is 5.39 Å². The number of nitrogens with zero attached hydrogens (tertiary/aromatic N) is 1. The Balaban J connectivity index is 2.12. The van der Waals surface area contributed by atoms with E-state index in [1.807, 2.05) is 50.2 Å². The summed E-state index contributed by atoms with van der Waals surface area (Å²) < 4.78 is 6.02. The van der Waals surface area contributed by atoms with Crippen molar-refractivity contribution in [3.63, 3.8) is 0 Å². The van der Waals surface area contributed by atoms with Gasteiger partial charge < -0.3 is 10.5 Å². The number of rotatable bonds is 2. The fraction of sp³-hybridized carbons (Fsp3) is 0.118. The van der Waals surface area contributed by atoms with Crippen molar-refractivity contribution in [2.45, 2.75) is 13.8 Å². The van der Waals surface area contributed by atoms with Crippen molar-refractivity contribution in [3.8, 4) is 11.5 Å². The highest BCUT2D eigenvalue weighted by Crippen LogP contribution is 2.34. The summed E-state index contributed by atoms with van der Waals surface area (Å²) in [4.78, 5) is 4.31. The molecule has 0 radical (unpaired) electrons. The zero-order chi connectivity index (χ0) is 14.1. The number of benzene rings is 2. The molecule has 0 aliphatic heterocycles. The lowest BCUT2D eigenvalue weighted by Gasteiger charge is -2.12. The minimum atomic E-state index is 0.544. The molecule has 0 atom stereocenters. The molecule has 0 saturated heterocycles. The monoisotopic (exact) mass is 264 g/mol.